The molecule has 0 bridgehead atoms. The number of benzene rings is 1. The number of aromatic nitrogens is 1. The van der Waals surface area contributed by atoms with E-state index in [1.54, 1.807) is 18.3 Å². The molecule has 1 saturated carbocycles. The van der Waals surface area contributed by atoms with Crippen LogP contribution in [0, 0.1) is 5.82 Å². The normalized spacial score (nSPS) is 15.1. The molecule has 1 aliphatic rings. The molecule has 3 rings (SSSR count). The summed E-state index contributed by atoms with van der Waals surface area (Å²) in [6.07, 6.45) is 6.39. The van der Waals surface area contributed by atoms with Gasteiger partial charge in [-0.3, -0.25) is 0 Å². The van der Waals surface area contributed by atoms with Crippen molar-refractivity contribution in [2.45, 2.75) is 51.3 Å². The predicted molar refractivity (Wildman–Crippen MR) is 104 cm³/mol. The van der Waals surface area contributed by atoms with Crippen LogP contribution in [0.3, 0.4) is 0 Å². The van der Waals surface area contributed by atoms with Gasteiger partial charge >= 0.3 is 6.03 Å². The smallest absolute Gasteiger partial charge is 0.315 e. The van der Waals surface area contributed by atoms with Crippen molar-refractivity contribution in [3.05, 3.63) is 54.0 Å². The van der Waals surface area contributed by atoms with Gasteiger partial charge in [0.2, 0.25) is 5.88 Å². The number of hydrogen-bond donors (Lipinski definition) is 2. The molecule has 0 saturated heterocycles. The maximum absolute atomic E-state index is 12.9. The van der Waals surface area contributed by atoms with Gasteiger partial charge < -0.3 is 20.1 Å². The zero-order chi connectivity index (χ0) is 19.8. The molecule has 1 aromatic heterocycles. The molecule has 1 atom stereocenters. The maximum atomic E-state index is 12.9. The first-order valence-corrected chi connectivity index (χ1v) is 9.63. The van der Waals surface area contributed by atoms with Crippen LogP contribution in [0.25, 0.3) is 0 Å². The summed E-state index contributed by atoms with van der Waals surface area (Å²) in [5.41, 5.74) is 0.847. The SMILES string of the molecule is CC(COc1ccc(F)cc1)NC(=O)NCc1cccnc1OC1CCCC1. The standard InChI is InChI=1S/C21H26FN3O3/c1-15(14-27-18-10-8-17(22)9-11-18)25-21(26)24-13-16-5-4-12-23-20(16)28-19-6-2-3-7-19/h4-5,8-12,15,19H,2-3,6-7,13-14H2,1H3,(H2,24,25,26). The molecule has 150 valence electrons. The monoisotopic (exact) mass is 387 g/mol. The van der Waals surface area contributed by atoms with Gasteiger partial charge in [0.05, 0.1) is 6.04 Å². The van der Waals surface area contributed by atoms with E-state index >= 15 is 0 Å². The highest BCUT2D eigenvalue weighted by atomic mass is 19.1. The Morgan fingerprint density at radius 2 is 2.00 bits per heavy atom. The summed E-state index contributed by atoms with van der Waals surface area (Å²) in [5.74, 6) is 0.825. The van der Waals surface area contributed by atoms with Crippen molar-refractivity contribution >= 4 is 6.03 Å². The van der Waals surface area contributed by atoms with E-state index in [2.05, 4.69) is 15.6 Å². The molecule has 1 fully saturated rings. The Morgan fingerprint density at radius 3 is 2.75 bits per heavy atom. The van der Waals surface area contributed by atoms with E-state index < -0.39 is 0 Å². The van der Waals surface area contributed by atoms with Gasteiger partial charge in [0.15, 0.2) is 0 Å². The lowest BCUT2D eigenvalue weighted by atomic mass is 10.2. The zero-order valence-corrected chi connectivity index (χ0v) is 16.0. The van der Waals surface area contributed by atoms with Gasteiger partial charge in [-0.15, -0.1) is 0 Å². The average Bonchev–Trinajstić information content (AvgIpc) is 3.20. The Bertz CT molecular complexity index is 764. The van der Waals surface area contributed by atoms with Crippen molar-refractivity contribution in [3.8, 4) is 11.6 Å². The van der Waals surface area contributed by atoms with Gasteiger partial charge in [-0.1, -0.05) is 6.07 Å². The van der Waals surface area contributed by atoms with E-state index in [0.29, 0.717) is 18.2 Å². The van der Waals surface area contributed by atoms with Crippen LogP contribution < -0.4 is 20.1 Å². The van der Waals surface area contributed by atoms with E-state index in [1.807, 2.05) is 19.1 Å². The van der Waals surface area contributed by atoms with Crippen LogP contribution in [0.15, 0.2) is 42.6 Å². The van der Waals surface area contributed by atoms with Crippen molar-refractivity contribution < 1.29 is 18.7 Å². The molecule has 0 aliphatic heterocycles. The van der Waals surface area contributed by atoms with Crippen molar-refractivity contribution in [3.63, 3.8) is 0 Å². The first-order chi connectivity index (χ1) is 13.6. The topological polar surface area (TPSA) is 72.5 Å². The summed E-state index contributed by atoms with van der Waals surface area (Å²) < 4.78 is 24.4. The Morgan fingerprint density at radius 1 is 1.25 bits per heavy atom. The average molecular weight is 387 g/mol. The quantitative estimate of drug-likeness (QED) is 0.723. The molecule has 1 aromatic carbocycles. The van der Waals surface area contributed by atoms with E-state index in [1.165, 1.54) is 25.0 Å². The fraction of sp³-hybridized carbons (Fsp3) is 0.429. The third kappa shape index (κ3) is 6.11. The number of halogens is 1. The number of amides is 2. The molecule has 28 heavy (non-hydrogen) atoms. The minimum absolute atomic E-state index is 0.214. The fourth-order valence-electron chi connectivity index (χ4n) is 3.07. The highest BCUT2D eigenvalue weighted by Crippen LogP contribution is 2.24. The molecule has 7 heteroatoms. The first-order valence-electron chi connectivity index (χ1n) is 9.63. The molecular weight excluding hydrogens is 361 g/mol. The number of pyridine rings is 1. The Balaban J connectivity index is 1.43. The molecule has 2 amide bonds. The van der Waals surface area contributed by atoms with Gasteiger partial charge in [-0.05, 0) is 62.9 Å². The number of nitrogens with zero attached hydrogens (tertiary/aromatic N) is 1. The third-order valence-corrected chi connectivity index (χ3v) is 4.56. The second kappa shape index (κ2) is 9.92. The predicted octanol–water partition coefficient (Wildman–Crippen LogP) is 3.81. The van der Waals surface area contributed by atoms with E-state index in [-0.39, 0.29) is 30.6 Å². The third-order valence-electron chi connectivity index (χ3n) is 4.56. The van der Waals surface area contributed by atoms with Crippen molar-refractivity contribution in [1.82, 2.24) is 15.6 Å². The summed E-state index contributed by atoms with van der Waals surface area (Å²) in [4.78, 5) is 16.5. The first kappa shape index (κ1) is 19.9. The number of ether oxygens (including phenoxy) is 2. The number of rotatable bonds is 8. The molecule has 1 unspecified atom stereocenters. The van der Waals surface area contributed by atoms with E-state index in [9.17, 15) is 9.18 Å². The molecule has 1 aliphatic carbocycles. The van der Waals surface area contributed by atoms with Crippen LogP contribution in [-0.4, -0.2) is 29.8 Å². The summed E-state index contributed by atoms with van der Waals surface area (Å²) in [5, 5.41) is 5.64. The van der Waals surface area contributed by atoms with Crippen LogP contribution in [-0.2, 0) is 6.54 Å². The van der Waals surface area contributed by atoms with Crippen LogP contribution in [0.1, 0.15) is 38.2 Å². The van der Waals surface area contributed by atoms with Crippen molar-refractivity contribution in [1.29, 1.82) is 0 Å². The zero-order valence-electron chi connectivity index (χ0n) is 16.0. The minimum Gasteiger partial charge on any atom is -0.491 e. The van der Waals surface area contributed by atoms with Crippen LogP contribution in [0.2, 0.25) is 0 Å². The highest BCUT2D eigenvalue weighted by molar-refractivity contribution is 5.74. The number of hydrogen-bond acceptors (Lipinski definition) is 4. The number of urea groups is 1. The van der Waals surface area contributed by atoms with Crippen LogP contribution in [0.4, 0.5) is 9.18 Å². The molecule has 0 spiro atoms. The fourth-order valence-corrected chi connectivity index (χ4v) is 3.07. The lowest BCUT2D eigenvalue weighted by Crippen LogP contribution is -2.43. The van der Waals surface area contributed by atoms with E-state index in [4.69, 9.17) is 9.47 Å². The van der Waals surface area contributed by atoms with Gasteiger partial charge in [0.1, 0.15) is 24.3 Å². The van der Waals surface area contributed by atoms with Crippen molar-refractivity contribution in [2.75, 3.05) is 6.61 Å². The summed E-state index contributed by atoms with van der Waals surface area (Å²) >= 11 is 0. The molecule has 6 nitrogen and oxygen atoms in total. The van der Waals surface area contributed by atoms with Crippen LogP contribution in [0.5, 0.6) is 11.6 Å². The second-order valence-electron chi connectivity index (χ2n) is 6.98. The van der Waals surface area contributed by atoms with Gasteiger partial charge in [-0.2, -0.15) is 0 Å². The molecule has 2 N–H and O–H groups in total. The van der Waals surface area contributed by atoms with Gasteiger partial charge in [0, 0.05) is 18.3 Å². The number of carbonyl (C=O) groups excluding carboxylic acids is 1. The molecule has 2 aromatic rings. The second-order valence-corrected chi connectivity index (χ2v) is 6.98. The minimum atomic E-state index is -0.315. The van der Waals surface area contributed by atoms with Crippen molar-refractivity contribution in [2.24, 2.45) is 0 Å². The Kier molecular flexibility index (Phi) is 7.06. The summed E-state index contributed by atoms with van der Waals surface area (Å²) in [7, 11) is 0. The van der Waals surface area contributed by atoms with Gasteiger partial charge in [0.25, 0.3) is 0 Å². The number of nitrogens with one attached hydrogen (secondary N) is 2. The molecular formula is C21H26FN3O3. The number of carbonyl (C=O) groups is 1. The molecule has 0 radical (unpaired) electrons. The maximum Gasteiger partial charge on any atom is 0.315 e. The van der Waals surface area contributed by atoms with Crippen LogP contribution >= 0.6 is 0 Å². The highest BCUT2D eigenvalue weighted by Gasteiger charge is 2.18. The summed E-state index contributed by atoms with van der Waals surface area (Å²) in [6.45, 7) is 2.44. The lowest BCUT2D eigenvalue weighted by molar-refractivity contribution is 0.198. The Hall–Kier alpha value is -2.83. The largest absolute Gasteiger partial charge is 0.491 e. The molecule has 1 heterocycles. The van der Waals surface area contributed by atoms with Gasteiger partial charge in [-0.25, -0.2) is 14.2 Å². The van der Waals surface area contributed by atoms with E-state index in [0.717, 1.165) is 18.4 Å². The Labute approximate surface area is 164 Å². The summed E-state index contributed by atoms with van der Waals surface area (Å²) in [6, 6.07) is 8.98. The lowest BCUT2D eigenvalue weighted by Gasteiger charge is -2.17.